The van der Waals surface area contributed by atoms with Gasteiger partial charge in [0.1, 0.15) is 11.3 Å². The molecule has 0 fully saturated rings. The minimum Gasteiger partial charge on any atom is -0.494 e. The fourth-order valence-corrected chi connectivity index (χ4v) is 1.75. The number of aromatic nitrogens is 2. The van der Waals surface area contributed by atoms with E-state index in [2.05, 4.69) is 4.98 Å². The molecule has 88 valence electrons. The Labute approximate surface area is 97.7 Å². The number of hydrogen-bond donors (Lipinski definition) is 0. The number of nitrogens with zero attached hydrogens (tertiary/aromatic N) is 2. The highest BCUT2D eigenvalue weighted by atomic mass is 16.5. The van der Waals surface area contributed by atoms with Crippen LogP contribution in [-0.2, 0) is 7.05 Å². The largest absolute Gasteiger partial charge is 0.494 e. The molecule has 0 atom stereocenters. The highest BCUT2D eigenvalue weighted by Gasteiger charge is 2.13. The fourth-order valence-electron chi connectivity index (χ4n) is 1.75. The van der Waals surface area contributed by atoms with Crippen LogP contribution in [0.4, 0.5) is 0 Å². The quantitative estimate of drug-likeness (QED) is 0.728. The van der Waals surface area contributed by atoms with Gasteiger partial charge in [0.15, 0.2) is 11.6 Å². The van der Waals surface area contributed by atoms with Crippen molar-refractivity contribution in [2.75, 3.05) is 7.11 Å². The lowest BCUT2D eigenvalue weighted by Crippen LogP contribution is -2.24. The number of carbonyl (C=O) groups is 1. The summed E-state index contributed by atoms with van der Waals surface area (Å²) < 4.78 is 6.39. The number of fused-ring (bicyclic) bond motifs is 1. The third kappa shape index (κ3) is 1.69. The summed E-state index contributed by atoms with van der Waals surface area (Å²) in [6, 6.07) is 5.09. The van der Waals surface area contributed by atoms with Gasteiger partial charge in [0.25, 0.3) is 5.56 Å². The Morgan fingerprint density at radius 1 is 1.41 bits per heavy atom. The second kappa shape index (κ2) is 4.01. The second-order valence-corrected chi connectivity index (χ2v) is 3.71. The van der Waals surface area contributed by atoms with Gasteiger partial charge in [-0.25, -0.2) is 4.98 Å². The van der Waals surface area contributed by atoms with Gasteiger partial charge in [0.05, 0.1) is 12.5 Å². The molecule has 5 heteroatoms. The Morgan fingerprint density at radius 3 is 2.71 bits per heavy atom. The lowest BCUT2D eigenvalue weighted by Gasteiger charge is -2.08. The molecule has 17 heavy (non-hydrogen) atoms. The number of ether oxygens (including phenoxy) is 1. The van der Waals surface area contributed by atoms with Crippen LogP contribution in [0.25, 0.3) is 10.9 Å². The van der Waals surface area contributed by atoms with E-state index >= 15 is 0 Å². The van der Waals surface area contributed by atoms with Gasteiger partial charge in [-0.3, -0.25) is 14.2 Å². The van der Waals surface area contributed by atoms with Gasteiger partial charge in [-0.05, 0) is 12.1 Å². The Morgan fingerprint density at radius 2 is 2.12 bits per heavy atom. The second-order valence-electron chi connectivity index (χ2n) is 3.71. The Hall–Kier alpha value is -2.17. The zero-order valence-electron chi connectivity index (χ0n) is 9.85. The zero-order chi connectivity index (χ0) is 12.6. The van der Waals surface area contributed by atoms with Crippen LogP contribution in [-0.4, -0.2) is 22.4 Å². The number of Topliss-reactive ketones (excluding diaryl/α,β-unsaturated/α-hetero) is 1. The number of hydrogen-bond acceptors (Lipinski definition) is 4. The molecule has 0 spiro atoms. The summed E-state index contributed by atoms with van der Waals surface area (Å²) in [4.78, 5) is 27.6. The first-order valence-electron chi connectivity index (χ1n) is 5.11. The molecule has 5 nitrogen and oxygen atoms in total. The van der Waals surface area contributed by atoms with Crippen molar-refractivity contribution in [1.29, 1.82) is 0 Å². The number of para-hydroxylation sites is 1. The highest BCUT2D eigenvalue weighted by molar-refractivity contribution is 5.93. The van der Waals surface area contributed by atoms with Gasteiger partial charge in [0, 0.05) is 14.0 Å². The van der Waals surface area contributed by atoms with E-state index in [1.54, 1.807) is 18.2 Å². The van der Waals surface area contributed by atoms with E-state index in [9.17, 15) is 9.59 Å². The number of rotatable bonds is 2. The molecule has 2 rings (SSSR count). The molecule has 0 saturated heterocycles. The number of ketones is 1. The maximum absolute atomic E-state index is 12.0. The van der Waals surface area contributed by atoms with E-state index in [1.807, 2.05) is 0 Å². The molecule has 0 bridgehead atoms. The molecule has 0 radical (unpaired) electrons. The summed E-state index contributed by atoms with van der Waals surface area (Å²) in [7, 11) is 3.03. The van der Waals surface area contributed by atoms with E-state index in [1.165, 1.54) is 25.6 Å². The van der Waals surface area contributed by atoms with Gasteiger partial charge < -0.3 is 4.74 Å². The van der Waals surface area contributed by atoms with E-state index in [0.717, 1.165) is 0 Å². The van der Waals surface area contributed by atoms with Gasteiger partial charge in [-0.15, -0.1) is 0 Å². The average Bonchev–Trinajstić information content (AvgIpc) is 2.32. The topological polar surface area (TPSA) is 61.2 Å². The van der Waals surface area contributed by atoms with Crippen LogP contribution in [0, 0.1) is 0 Å². The van der Waals surface area contributed by atoms with Crippen LogP contribution < -0.4 is 10.3 Å². The highest BCUT2D eigenvalue weighted by Crippen LogP contribution is 2.20. The molecule has 0 saturated carbocycles. The number of carbonyl (C=O) groups excluding carboxylic acids is 1. The van der Waals surface area contributed by atoms with Gasteiger partial charge in [-0.1, -0.05) is 6.07 Å². The van der Waals surface area contributed by atoms with Crippen molar-refractivity contribution in [2.24, 2.45) is 7.05 Å². The molecular weight excluding hydrogens is 220 g/mol. The molecule has 0 aliphatic carbocycles. The molecule has 0 unspecified atom stereocenters. The van der Waals surface area contributed by atoms with Crippen molar-refractivity contribution in [2.45, 2.75) is 6.92 Å². The molecule has 0 amide bonds. The summed E-state index contributed by atoms with van der Waals surface area (Å²) >= 11 is 0. The predicted octanol–water partition coefficient (Wildman–Crippen LogP) is 1.14. The van der Waals surface area contributed by atoms with E-state index in [4.69, 9.17) is 4.74 Å². The monoisotopic (exact) mass is 232 g/mol. The molecule has 2 aromatic rings. The lowest BCUT2D eigenvalue weighted by molar-refractivity contribution is 0.0999. The molecule has 0 N–H and O–H groups in total. The predicted molar refractivity (Wildman–Crippen MR) is 63.5 cm³/mol. The molecule has 1 heterocycles. The van der Waals surface area contributed by atoms with Crippen LogP contribution in [0.15, 0.2) is 23.0 Å². The van der Waals surface area contributed by atoms with Gasteiger partial charge in [0.2, 0.25) is 0 Å². The van der Waals surface area contributed by atoms with Crippen LogP contribution in [0.2, 0.25) is 0 Å². The van der Waals surface area contributed by atoms with Gasteiger partial charge in [-0.2, -0.15) is 0 Å². The number of benzene rings is 1. The van der Waals surface area contributed by atoms with Gasteiger partial charge >= 0.3 is 0 Å². The fraction of sp³-hybridized carbons (Fsp3) is 0.250. The molecule has 1 aromatic carbocycles. The maximum atomic E-state index is 12.0. The van der Waals surface area contributed by atoms with E-state index in [-0.39, 0.29) is 17.2 Å². The van der Waals surface area contributed by atoms with E-state index < -0.39 is 0 Å². The minimum absolute atomic E-state index is 0.131. The van der Waals surface area contributed by atoms with Crippen molar-refractivity contribution in [3.8, 4) is 5.75 Å². The number of methoxy groups -OCH3 is 1. The van der Waals surface area contributed by atoms with Crippen molar-refractivity contribution in [3.63, 3.8) is 0 Å². The maximum Gasteiger partial charge on any atom is 0.261 e. The Bertz CT molecular complexity index is 659. The summed E-state index contributed by atoms with van der Waals surface area (Å²) in [5, 5.41) is 0.442. The normalized spacial score (nSPS) is 10.5. The summed E-state index contributed by atoms with van der Waals surface area (Å²) in [6.07, 6.45) is 0. The van der Waals surface area contributed by atoms with Crippen LogP contribution >= 0.6 is 0 Å². The van der Waals surface area contributed by atoms with Crippen molar-refractivity contribution >= 4 is 16.7 Å². The molecular formula is C12H12N2O3. The first kappa shape index (κ1) is 11.3. The smallest absolute Gasteiger partial charge is 0.261 e. The molecule has 0 aliphatic heterocycles. The zero-order valence-corrected chi connectivity index (χ0v) is 9.85. The van der Waals surface area contributed by atoms with Crippen molar-refractivity contribution in [3.05, 3.63) is 34.4 Å². The van der Waals surface area contributed by atoms with Crippen LogP contribution in [0.1, 0.15) is 17.5 Å². The molecule has 1 aromatic heterocycles. The Kier molecular flexibility index (Phi) is 2.67. The standard InChI is InChI=1S/C12H12N2O3/c1-7(15)11-13-10-8(12(16)14(11)2)5-4-6-9(10)17-3/h4-6H,1-3H3. The van der Waals surface area contributed by atoms with Crippen molar-refractivity contribution < 1.29 is 9.53 Å². The van der Waals surface area contributed by atoms with Crippen LogP contribution in [0.3, 0.4) is 0 Å². The third-order valence-electron chi connectivity index (χ3n) is 2.60. The SMILES string of the molecule is COc1cccc2c(=O)n(C)c(C(C)=O)nc12. The molecule has 0 aliphatic rings. The van der Waals surface area contributed by atoms with Crippen molar-refractivity contribution in [1.82, 2.24) is 9.55 Å². The summed E-state index contributed by atoms with van der Waals surface area (Å²) in [5.74, 6) is 0.368. The Balaban J connectivity index is 2.96. The minimum atomic E-state index is -0.252. The van der Waals surface area contributed by atoms with Crippen LogP contribution in [0.5, 0.6) is 5.75 Å². The first-order valence-corrected chi connectivity index (χ1v) is 5.11. The third-order valence-corrected chi connectivity index (χ3v) is 2.60. The summed E-state index contributed by atoms with van der Waals surface area (Å²) in [6.45, 7) is 1.38. The first-order chi connectivity index (χ1) is 8.06. The average molecular weight is 232 g/mol. The lowest BCUT2D eigenvalue weighted by atomic mass is 10.2. The summed E-state index contributed by atoms with van der Waals surface area (Å²) in [5.41, 5.74) is 0.169. The van der Waals surface area contributed by atoms with E-state index in [0.29, 0.717) is 16.7 Å².